The van der Waals surface area contributed by atoms with Gasteiger partial charge in [-0.1, -0.05) is 30.3 Å². The molecule has 8 heteroatoms. The summed E-state index contributed by atoms with van der Waals surface area (Å²) in [5, 5.41) is 19.6. The van der Waals surface area contributed by atoms with E-state index in [4.69, 9.17) is 0 Å². The minimum Gasteiger partial charge on any atom is -0.508 e. The predicted molar refractivity (Wildman–Crippen MR) is 133 cm³/mol. The van der Waals surface area contributed by atoms with Crippen molar-refractivity contribution in [3.8, 4) is 5.75 Å². The maximum Gasteiger partial charge on any atom is 0.342 e. The minimum atomic E-state index is -0.419. The first kappa shape index (κ1) is 21.9. The summed E-state index contributed by atoms with van der Waals surface area (Å²) >= 11 is 0. The van der Waals surface area contributed by atoms with Gasteiger partial charge in [0.2, 0.25) is 0 Å². The molecule has 3 heterocycles. The zero-order valence-electron chi connectivity index (χ0n) is 19.1. The third kappa shape index (κ3) is 4.58. The Morgan fingerprint density at radius 1 is 1.03 bits per heavy atom. The number of rotatable bonds is 4. The van der Waals surface area contributed by atoms with Gasteiger partial charge in [0.1, 0.15) is 5.75 Å². The average Bonchev–Trinajstić information content (AvgIpc) is 3.31. The molecule has 0 saturated carbocycles. The molecule has 2 aliphatic rings. The molecule has 1 atom stereocenters. The van der Waals surface area contributed by atoms with Gasteiger partial charge < -0.3 is 20.2 Å². The van der Waals surface area contributed by atoms with Crippen LogP contribution in [0.25, 0.3) is 0 Å². The number of nitrogens with one attached hydrogen (secondary N) is 1. The Morgan fingerprint density at radius 2 is 1.85 bits per heavy atom. The zero-order valence-corrected chi connectivity index (χ0v) is 19.1. The SMILES string of the molecule is CN1CCN(c2cccc(NC(=O)N3N=C(c4cccnc4)CC3c3ccccc3O)c2)CC1. The van der Waals surface area contributed by atoms with Crippen molar-refractivity contribution in [2.45, 2.75) is 12.5 Å². The number of carbonyl (C=O) groups is 1. The fourth-order valence-corrected chi connectivity index (χ4v) is 4.44. The molecular formula is C26H28N6O2. The first-order valence-corrected chi connectivity index (χ1v) is 11.5. The number of phenols is 1. The van der Waals surface area contributed by atoms with Gasteiger partial charge in [-0.3, -0.25) is 4.98 Å². The van der Waals surface area contributed by atoms with E-state index in [2.05, 4.69) is 38.3 Å². The van der Waals surface area contributed by atoms with Crippen molar-refractivity contribution in [3.05, 3.63) is 84.2 Å². The van der Waals surface area contributed by atoms with Crippen molar-refractivity contribution in [3.63, 3.8) is 0 Å². The van der Waals surface area contributed by atoms with Crippen LogP contribution >= 0.6 is 0 Å². The van der Waals surface area contributed by atoms with Gasteiger partial charge in [0.25, 0.3) is 0 Å². The lowest BCUT2D eigenvalue weighted by Gasteiger charge is -2.34. The maximum atomic E-state index is 13.4. The Bertz CT molecular complexity index is 1190. The number of phenolic OH excluding ortho intramolecular Hbond substituents is 1. The molecular weight excluding hydrogens is 428 g/mol. The van der Waals surface area contributed by atoms with E-state index in [9.17, 15) is 9.90 Å². The number of benzene rings is 2. The second-order valence-corrected chi connectivity index (χ2v) is 8.68. The number of pyridine rings is 1. The van der Waals surface area contributed by atoms with Gasteiger partial charge in [-0.05, 0) is 37.4 Å². The van der Waals surface area contributed by atoms with Crippen molar-refractivity contribution in [2.75, 3.05) is 43.4 Å². The zero-order chi connectivity index (χ0) is 23.5. The number of nitrogens with zero attached hydrogens (tertiary/aromatic N) is 5. The number of anilines is 2. The lowest BCUT2D eigenvalue weighted by Crippen LogP contribution is -2.44. The molecule has 34 heavy (non-hydrogen) atoms. The highest BCUT2D eigenvalue weighted by Crippen LogP contribution is 2.37. The van der Waals surface area contributed by atoms with Crippen LogP contribution in [0.1, 0.15) is 23.6 Å². The van der Waals surface area contributed by atoms with E-state index in [1.165, 1.54) is 5.01 Å². The van der Waals surface area contributed by atoms with Crippen molar-refractivity contribution in [2.24, 2.45) is 5.10 Å². The number of hydrogen-bond donors (Lipinski definition) is 2. The van der Waals surface area contributed by atoms with Crippen LogP contribution in [-0.2, 0) is 0 Å². The Balaban J connectivity index is 1.40. The number of hydrogen-bond acceptors (Lipinski definition) is 6. The number of amides is 2. The highest BCUT2D eigenvalue weighted by atomic mass is 16.3. The predicted octanol–water partition coefficient (Wildman–Crippen LogP) is 3.92. The normalized spacial score (nSPS) is 18.6. The van der Waals surface area contributed by atoms with Crippen LogP contribution in [0.4, 0.5) is 16.2 Å². The van der Waals surface area contributed by atoms with Crippen LogP contribution in [0.15, 0.2) is 78.2 Å². The van der Waals surface area contributed by atoms with Gasteiger partial charge in [-0.2, -0.15) is 5.10 Å². The fraction of sp³-hybridized carbons (Fsp3) is 0.269. The van der Waals surface area contributed by atoms with Crippen molar-refractivity contribution in [1.82, 2.24) is 14.9 Å². The summed E-state index contributed by atoms with van der Waals surface area (Å²) in [6.07, 6.45) is 3.93. The van der Waals surface area contributed by atoms with Crippen LogP contribution in [0.5, 0.6) is 5.75 Å². The summed E-state index contributed by atoms with van der Waals surface area (Å²) in [6, 6.07) is 18.0. The van der Waals surface area contributed by atoms with Crippen LogP contribution in [-0.4, -0.2) is 65.0 Å². The Morgan fingerprint density at radius 3 is 2.62 bits per heavy atom. The van der Waals surface area contributed by atoms with Gasteiger partial charge in [0.15, 0.2) is 0 Å². The Hall–Kier alpha value is -3.91. The highest BCUT2D eigenvalue weighted by molar-refractivity contribution is 6.04. The molecule has 1 unspecified atom stereocenters. The Labute approximate surface area is 199 Å². The van der Waals surface area contributed by atoms with E-state index >= 15 is 0 Å². The van der Waals surface area contributed by atoms with E-state index in [-0.39, 0.29) is 11.8 Å². The number of aromatic nitrogens is 1. The van der Waals surface area contributed by atoms with Crippen molar-refractivity contribution in [1.29, 1.82) is 0 Å². The summed E-state index contributed by atoms with van der Waals surface area (Å²) in [7, 11) is 2.13. The van der Waals surface area contributed by atoms with Gasteiger partial charge in [-0.15, -0.1) is 0 Å². The van der Waals surface area contributed by atoms with Gasteiger partial charge in [0, 0.05) is 67.5 Å². The summed E-state index contributed by atoms with van der Waals surface area (Å²) in [5.41, 5.74) is 4.07. The molecule has 3 aromatic rings. The molecule has 1 aromatic heterocycles. The van der Waals surface area contributed by atoms with Crippen LogP contribution in [0.2, 0.25) is 0 Å². The second-order valence-electron chi connectivity index (χ2n) is 8.68. The largest absolute Gasteiger partial charge is 0.508 e. The molecule has 2 aliphatic heterocycles. The lowest BCUT2D eigenvalue weighted by atomic mass is 9.98. The van der Waals surface area contributed by atoms with Crippen molar-refractivity contribution < 1.29 is 9.90 Å². The van der Waals surface area contributed by atoms with E-state index < -0.39 is 6.04 Å². The van der Waals surface area contributed by atoms with Gasteiger partial charge in [-0.25, -0.2) is 9.80 Å². The maximum absolute atomic E-state index is 13.4. The third-order valence-corrected chi connectivity index (χ3v) is 6.37. The van der Waals surface area contributed by atoms with Crippen molar-refractivity contribution >= 4 is 23.1 Å². The minimum absolute atomic E-state index is 0.144. The summed E-state index contributed by atoms with van der Waals surface area (Å²) in [5.74, 6) is 0.144. The quantitative estimate of drug-likeness (QED) is 0.622. The van der Waals surface area contributed by atoms with Crippen LogP contribution in [0.3, 0.4) is 0 Å². The topological polar surface area (TPSA) is 84.3 Å². The molecule has 0 bridgehead atoms. The number of aromatic hydroxyl groups is 1. The molecule has 2 aromatic carbocycles. The molecule has 1 fully saturated rings. The second kappa shape index (κ2) is 9.52. The number of urea groups is 1. The van der Waals surface area contributed by atoms with Gasteiger partial charge in [0.05, 0.1) is 11.8 Å². The Kier molecular flexibility index (Phi) is 6.14. The average molecular weight is 457 g/mol. The van der Waals surface area contributed by atoms with Gasteiger partial charge >= 0.3 is 6.03 Å². The lowest BCUT2D eigenvalue weighted by molar-refractivity contribution is 0.199. The van der Waals surface area contributed by atoms with Crippen LogP contribution < -0.4 is 10.2 Å². The molecule has 0 radical (unpaired) electrons. The van der Waals surface area contributed by atoms with E-state index in [1.807, 2.05) is 42.5 Å². The number of likely N-dealkylation sites (N-methyl/N-ethyl adjacent to an activating group) is 1. The number of carbonyl (C=O) groups excluding carboxylic acids is 1. The summed E-state index contributed by atoms with van der Waals surface area (Å²) in [4.78, 5) is 22.2. The molecule has 5 rings (SSSR count). The molecule has 174 valence electrons. The third-order valence-electron chi connectivity index (χ3n) is 6.37. The standard InChI is InChI=1S/C26H28N6O2/c1-30-12-14-31(15-13-30)21-8-4-7-20(16-21)28-26(34)32-24(22-9-2-3-10-25(22)33)17-23(29-32)19-6-5-11-27-18-19/h2-11,16,18,24,33H,12-15,17H2,1H3,(H,28,34). The first-order valence-electron chi connectivity index (χ1n) is 11.5. The molecule has 1 saturated heterocycles. The summed E-state index contributed by atoms with van der Waals surface area (Å²) in [6.45, 7) is 3.93. The molecule has 8 nitrogen and oxygen atoms in total. The number of piperazine rings is 1. The summed E-state index contributed by atoms with van der Waals surface area (Å²) < 4.78 is 0. The van der Waals surface area contributed by atoms with E-state index in [1.54, 1.807) is 24.5 Å². The molecule has 2 N–H and O–H groups in total. The molecule has 0 aliphatic carbocycles. The molecule has 2 amide bonds. The number of para-hydroxylation sites is 1. The molecule has 0 spiro atoms. The van der Waals surface area contributed by atoms with Crippen LogP contribution in [0, 0.1) is 0 Å². The number of hydrazone groups is 1. The van der Waals surface area contributed by atoms with E-state index in [0.29, 0.717) is 17.7 Å². The fourth-order valence-electron chi connectivity index (χ4n) is 4.44. The smallest absolute Gasteiger partial charge is 0.342 e. The highest BCUT2D eigenvalue weighted by Gasteiger charge is 2.34. The van der Waals surface area contributed by atoms with E-state index in [0.717, 1.165) is 43.1 Å². The first-order chi connectivity index (χ1) is 16.6. The monoisotopic (exact) mass is 456 g/mol.